The van der Waals surface area contributed by atoms with E-state index < -0.39 is 5.97 Å². The highest BCUT2D eigenvalue weighted by Gasteiger charge is 2.16. The summed E-state index contributed by atoms with van der Waals surface area (Å²) in [5.74, 6) is -0.665. The number of aromatic nitrogens is 6. The van der Waals surface area contributed by atoms with E-state index in [4.69, 9.17) is 4.74 Å². The van der Waals surface area contributed by atoms with Crippen LogP contribution in [0.3, 0.4) is 0 Å². The predicted molar refractivity (Wildman–Crippen MR) is 129 cm³/mol. The molecule has 176 valence electrons. The van der Waals surface area contributed by atoms with Gasteiger partial charge >= 0.3 is 5.97 Å². The maximum Gasteiger partial charge on any atom is 0.341 e. The van der Waals surface area contributed by atoms with Crippen LogP contribution in [0.1, 0.15) is 39.0 Å². The van der Waals surface area contributed by atoms with Gasteiger partial charge < -0.3 is 14.5 Å². The monoisotopic (exact) mass is 469 g/mol. The van der Waals surface area contributed by atoms with E-state index >= 15 is 0 Å². The van der Waals surface area contributed by atoms with Gasteiger partial charge in [0.1, 0.15) is 11.2 Å². The molecule has 5 rings (SSSR count). The highest BCUT2D eigenvalue weighted by Crippen LogP contribution is 2.17. The highest BCUT2D eigenvalue weighted by atomic mass is 16.5. The van der Waals surface area contributed by atoms with Crippen molar-refractivity contribution < 1.29 is 14.3 Å². The Hall–Kier alpha value is -4.73. The molecule has 0 aliphatic heterocycles. The molecule has 0 bridgehead atoms. The molecule has 0 aliphatic carbocycles. The van der Waals surface area contributed by atoms with Crippen LogP contribution in [0.25, 0.3) is 11.3 Å². The van der Waals surface area contributed by atoms with Crippen LogP contribution in [0.15, 0.2) is 73.4 Å². The summed E-state index contributed by atoms with van der Waals surface area (Å²) in [6, 6.07) is 12.8. The fraction of sp³-hybridized carbons (Fsp3) is 0.160. The van der Waals surface area contributed by atoms with E-state index in [2.05, 4.69) is 20.5 Å². The van der Waals surface area contributed by atoms with Crippen LogP contribution in [-0.4, -0.2) is 47.4 Å². The number of nitrogens with zero attached hydrogens (tertiary/aromatic N) is 6. The number of hydrogen-bond acceptors (Lipinski definition) is 6. The molecule has 0 radical (unpaired) electrons. The lowest BCUT2D eigenvalue weighted by Gasteiger charge is -2.07. The molecule has 5 aromatic rings. The second-order valence-electron chi connectivity index (χ2n) is 7.90. The van der Waals surface area contributed by atoms with Gasteiger partial charge in [0.25, 0.3) is 5.91 Å². The van der Waals surface area contributed by atoms with Crippen molar-refractivity contribution >= 4 is 23.2 Å². The Labute approximate surface area is 200 Å². The molecule has 1 amide bonds. The van der Waals surface area contributed by atoms with Gasteiger partial charge in [-0.15, -0.1) is 0 Å². The number of benzene rings is 1. The number of rotatable bonds is 7. The molecule has 10 heteroatoms. The third kappa shape index (κ3) is 4.54. The number of imidazole rings is 1. The Morgan fingerprint density at radius 3 is 2.63 bits per heavy atom. The molecule has 0 unspecified atom stereocenters. The summed E-state index contributed by atoms with van der Waals surface area (Å²) in [7, 11) is 0. The Bertz CT molecular complexity index is 1480. The number of carbonyl (C=O) groups excluding carboxylic acids is 2. The number of ether oxygens (including phenoxy) is 1. The molecule has 0 aliphatic rings. The minimum atomic E-state index is -0.408. The maximum absolute atomic E-state index is 12.7. The standard InChI is InChI=1S/C25H23N7O3/c1-3-35-25(34)22-13-27-32(17(22)2)21-9-7-18(8-10-21)24(33)29-19-12-26-31(15-19)16-20-14-30-11-5-4-6-23(30)28-20/h4-15H,3,16H2,1-2H3,(H,29,33). The second kappa shape index (κ2) is 9.26. The first-order valence-corrected chi connectivity index (χ1v) is 11.1. The molecule has 4 heterocycles. The van der Waals surface area contributed by atoms with E-state index in [0.29, 0.717) is 35.7 Å². The Kier molecular flexibility index (Phi) is 5.84. The quantitative estimate of drug-likeness (QED) is 0.366. The van der Waals surface area contributed by atoms with Crippen molar-refractivity contribution in [3.05, 3.63) is 96.0 Å². The van der Waals surface area contributed by atoms with E-state index in [1.54, 1.807) is 59.9 Å². The minimum Gasteiger partial charge on any atom is -0.462 e. The molecule has 10 nitrogen and oxygen atoms in total. The van der Waals surface area contributed by atoms with Crippen molar-refractivity contribution in [2.75, 3.05) is 11.9 Å². The second-order valence-corrected chi connectivity index (χ2v) is 7.90. The third-order valence-corrected chi connectivity index (χ3v) is 5.51. The van der Waals surface area contributed by atoms with E-state index in [1.165, 1.54) is 6.20 Å². The summed E-state index contributed by atoms with van der Waals surface area (Å²) in [5.41, 5.74) is 4.62. The summed E-state index contributed by atoms with van der Waals surface area (Å²) < 4.78 is 10.4. The highest BCUT2D eigenvalue weighted by molar-refractivity contribution is 6.04. The molecule has 0 spiro atoms. The lowest BCUT2D eigenvalue weighted by molar-refractivity contribution is 0.0525. The summed E-state index contributed by atoms with van der Waals surface area (Å²) in [4.78, 5) is 29.3. The molecule has 1 aromatic carbocycles. The van der Waals surface area contributed by atoms with Crippen LogP contribution in [-0.2, 0) is 11.3 Å². The SMILES string of the molecule is CCOC(=O)c1cnn(-c2ccc(C(=O)Nc3cnn(Cc4cn5ccccc5n4)c3)cc2)c1C. The number of pyridine rings is 1. The number of carbonyl (C=O) groups is 2. The number of nitrogens with one attached hydrogen (secondary N) is 1. The predicted octanol–water partition coefficient (Wildman–Crippen LogP) is 3.50. The van der Waals surface area contributed by atoms with Crippen molar-refractivity contribution in [1.82, 2.24) is 28.9 Å². The fourth-order valence-electron chi connectivity index (χ4n) is 3.78. The number of fused-ring (bicyclic) bond motifs is 1. The van der Waals surface area contributed by atoms with Gasteiger partial charge in [-0.1, -0.05) is 6.07 Å². The largest absolute Gasteiger partial charge is 0.462 e. The number of amides is 1. The molecule has 35 heavy (non-hydrogen) atoms. The van der Waals surface area contributed by atoms with Crippen LogP contribution in [0.5, 0.6) is 0 Å². The fourth-order valence-corrected chi connectivity index (χ4v) is 3.78. The summed E-state index contributed by atoms with van der Waals surface area (Å²) >= 11 is 0. The molecular weight excluding hydrogens is 446 g/mol. The average molecular weight is 470 g/mol. The van der Waals surface area contributed by atoms with Gasteiger partial charge in [0, 0.05) is 24.2 Å². The lowest BCUT2D eigenvalue weighted by atomic mass is 10.2. The Morgan fingerprint density at radius 2 is 1.86 bits per heavy atom. The molecule has 0 saturated carbocycles. The Balaban J connectivity index is 1.24. The van der Waals surface area contributed by atoms with Crippen LogP contribution in [0.4, 0.5) is 5.69 Å². The van der Waals surface area contributed by atoms with Gasteiger partial charge in [0.05, 0.1) is 48.3 Å². The van der Waals surface area contributed by atoms with Gasteiger partial charge in [-0.3, -0.25) is 9.48 Å². The van der Waals surface area contributed by atoms with Crippen LogP contribution in [0.2, 0.25) is 0 Å². The van der Waals surface area contributed by atoms with E-state index in [9.17, 15) is 9.59 Å². The van der Waals surface area contributed by atoms with Crippen molar-refractivity contribution in [3.8, 4) is 5.69 Å². The zero-order valence-electron chi connectivity index (χ0n) is 19.3. The van der Waals surface area contributed by atoms with Crippen LogP contribution < -0.4 is 5.32 Å². The first-order chi connectivity index (χ1) is 17.0. The molecule has 1 N–H and O–H groups in total. The normalized spacial score (nSPS) is 11.0. The molecule has 0 atom stereocenters. The molecule has 0 saturated heterocycles. The molecule has 4 aromatic heterocycles. The lowest BCUT2D eigenvalue weighted by Crippen LogP contribution is -2.12. The zero-order valence-corrected chi connectivity index (χ0v) is 19.3. The summed E-state index contributed by atoms with van der Waals surface area (Å²) in [6.45, 7) is 4.34. The van der Waals surface area contributed by atoms with Crippen molar-refractivity contribution in [2.45, 2.75) is 20.4 Å². The minimum absolute atomic E-state index is 0.256. The van der Waals surface area contributed by atoms with Gasteiger partial charge in [-0.2, -0.15) is 10.2 Å². The number of esters is 1. The smallest absolute Gasteiger partial charge is 0.341 e. The van der Waals surface area contributed by atoms with Gasteiger partial charge in [0.2, 0.25) is 0 Å². The first-order valence-electron chi connectivity index (χ1n) is 11.1. The van der Waals surface area contributed by atoms with E-state index in [0.717, 1.165) is 17.0 Å². The van der Waals surface area contributed by atoms with Gasteiger partial charge in [0.15, 0.2) is 0 Å². The third-order valence-electron chi connectivity index (χ3n) is 5.51. The Morgan fingerprint density at radius 1 is 1.03 bits per heavy atom. The maximum atomic E-state index is 12.7. The average Bonchev–Trinajstić information content (AvgIpc) is 3.57. The number of anilines is 1. The summed E-state index contributed by atoms with van der Waals surface area (Å²) in [5, 5.41) is 11.5. The van der Waals surface area contributed by atoms with Crippen molar-refractivity contribution in [3.63, 3.8) is 0 Å². The van der Waals surface area contributed by atoms with Crippen LogP contribution in [0, 0.1) is 6.92 Å². The van der Waals surface area contributed by atoms with Gasteiger partial charge in [-0.05, 0) is 50.2 Å². The van der Waals surface area contributed by atoms with Crippen molar-refractivity contribution in [2.24, 2.45) is 0 Å². The van der Waals surface area contributed by atoms with Gasteiger partial charge in [-0.25, -0.2) is 14.5 Å². The van der Waals surface area contributed by atoms with Crippen LogP contribution >= 0.6 is 0 Å². The topological polar surface area (TPSA) is 108 Å². The van der Waals surface area contributed by atoms with Crippen molar-refractivity contribution in [1.29, 1.82) is 0 Å². The first kappa shape index (κ1) is 22.1. The summed E-state index contributed by atoms with van der Waals surface area (Å²) in [6.07, 6.45) is 8.75. The number of hydrogen-bond donors (Lipinski definition) is 1. The van der Waals surface area contributed by atoms with E-state index in [-0.39, 0.29) is 5.91 Å². The van der Waals surface area contributed by atoms with E-state index in [1.807, 2.05) is 35.0 Å². The molecular formula is C25H23N7O3. The zero-order chi connectivity index (χ0) is 24.4. The molecule has 0 fully saturated rings.